The van der Waals surface area contributed by atoms with Gasteiger partial charge in [-0.1, -0.05) is 26.8 Å². The summed E-state index contributed by atoms with van der Waals surface area (Å²) >= 11 is 1.78. The molecular formula is C12H21N3S. The van der Waals surface area contributed by atoms with Crippen LogP contribution in [0.4, 0.5) is 0 Å². The fraction of sp³-hybridized carbons (Fsp3) is 0.583. The maximum Gasteiger partial charge on any atom is 0.188 e. The van der Waals surface area contributed by atoms with Gasteiger partial charge >= 0.3 is 0 Å². The van der Waals surface area contributed by atoms with Gasteiger partial charge < -0.3 is 11.1 Å². The predicted octanol–water partition coefficient (Wildman–Crippen LogP) is 2.41. The molecule has 0 aromatic carbocycles. The van der Waals surface area contributed by atoms with Crippen LogP contribution < -0.4 is 11.1 Å². The van der Waals surface area contributed by atoms with Crippen molar-refractivity contribution in [1.29, 1.82) is 0 Å². The molecule has 0 amide bonds. The highest BCUT2D eigenvalue weighted by atomic mass is 32.1. The van der Waals surface area contributed by atoms with E-state index in [9.17, 15) is 0 Å². The predicted molar refractivity (Wildman–Crippen MR) is 72.1 cm³/mol. The number of aliphatic imine (C=N–C) groups is 1. The molecule has 4 heteroatoms. The molecule has 0 bridgehead atoms. The van der Waals surface area contributed by atoms with Gasteiger partial charge in [0.15, 0.2) is 5.96 Å². The number of nitrogens with one attached hydrogen (secondary N) is 1. The fourth-order valence-corrected chi connectivity index (χ4v) is 2.05. The van der Waals surface area contributed by atoms with Gasteiger partial charge in [-0.2, -0.15) is 0 Å². The van der Waals surface area contributed by atoms with Crippen LogP contribution in [0.25, 0.3) is 0 Å². The lowest BCUT2D eigenvalue weighted by Gasteiger charge is -2.11. The zero-order valence-electron chi connectivity index (χ0n) is 10.2. The summed E-state index contributed by atoms with van der Waals surface area (Å²) in [6, 6.07) is 4.23. The first-order chi connectivity index (χ1) is 7.59. The quantitative estimate of drug-likeness (QED) is 0.612. The van der Waals surface area contributed by atoms with Gasteiger partial charge in [0.05, 0.1) is 0 Å². The van der Waals surface area contributed by atoms with Crippen molar-refractivity contribution in [3.8, 4) is 0 Å². The van der Waals surface area contributed by atoms with E-state index in [1.54, 1.807) is 11.3 Å². The second-order valence-corrected chi connectivity index (χ2v) is 5.40. The Bertz CT molecular complexity index is 317. The van der Waals surface area contributed by atoms with E-state index in [0.29, 0.717) is 17.8 Å². The van der Waals surface area contributed by atoms with Crippen molar-refractivity contribution < 1.29 is 0 Å². The normalized spacial score (nSPS) is 14.1. The minimum Gasteiger partial charge on any atom is -0.370 e. The third-order valence-corrected chi connectivity index (χ3v) is 3.35. The molecule has 16 heavy (non-hydrogen) atoms. The minimum atomic E-state index is 0.479. The molecule has 1 heterocycles. The van der Waals surface area contributed by atoms with Crippen LogP contribution in [-0.4, -0.2) is 19.0 Å². The van der Waals surface area contributed by atoms with Crippen molar-refractivity contribution in [2.45, 2.75) is 26.7 Å². The van der Waals surface area contributed by atoms with E-state index in [4.69, 9.17) is 5.73 Å². The van der Waals surface area contributed by atoms with Gasteiger partial charge in [-0.25, -0.2) is 0 Å². The highest BCUT2D eigenvalue weighted by Gasteiger charge is 2.06. The minimum absolute atomic E-state index is 0.479. The smallest absolute Gasteiger partial charge is 0.188 e. The van der Waals surface area contributed by atoms with Crippen molar-refractivity contribution in [3.05, 3.63) is 22.4 Å². The molecule has 90 valence electrons. The van der Waals surface area contributed by atoms with Crippen molar-refractivity contribution in [3.63, 3.8) is 0 Å². The number of nitrogens with two attached hydrogens (primary N) is 1. The molecule has 1 aromatic heterocycles. The molecule has 1 atom stereocenters. The first kappa shape index (κ1) is 13.0. The van der Waals surface area contributed by atoms with Crippen LogP contribution in [-0.2, 0) is 0 Å². The van der Waals surface area contributed by atoms with Crippen LogP contribution in [0.5, 0.6) is 0 Å². The zero-order valence-corrected chi connectivity index (χ0v) is 11.1. The SMILES string of the molecule is CC(C)CN=C(N)NCC(C)c1cccs1. The van der Waals surface area contributed by atoms with Gasteiger partial charge in [-0.3, -0.25) is 4.99 Å². The molecule has 0 aliphatic carbocycles. The fourth-order valence-electron chi connectivity index (χ4n) is 1.27. The maximum atomic E-state index is 5.77. The van der Waals surface area contributed by atoms with Crippen molar-refractivity contribution in [2.75, 3.05) is 13.1 Å². The average Bonchev–Trinajstić information content (AvgIpc) is 2.76. The summed E-state index contributed by atoms with van der Waals surface area (Å²) in [7, 11) is 0. The van der Waals surface area contributed by atoms with Crippen molar-refractivity contribution in [2.24, 2.45) is 16.6 Å². The maximum absolute atomic E-state index is 5.77. The topological polar surface area (TPSA) is 50.4 Å². The van der Waals surface area contributed by atoms with E-state index in [0.717, 1.165) is 13.1 Å². The van der Waals surface area contributed by atoms with Crippen LogP contribution in [0.15, 0.2) is 22.5 Å². The molecule has 0 aliphatic heterocycles. The Hall–Kier alpha value is -1.03. The molecule has 0 spiro atoms. The Morgan fingerprint density at radius 2 is 2.25 bits per heavy atom. The standard InChI is InChI=1S/C12H21N3S/c1-9(2)7-14-12(13)15-8-10(3)11-5-4-6-16-11/h4-6,9-10H,7-8H2,1-3H3,(H3,13,14,15). The molecule has 1 aromatic rings. The summed E-state index contributed by atoms with van der Waals surface area (Å²) in [4.78, 5) is 5.64. The average molecular weight is 239 g/mol. The number of thiophene rings is 1. The second kappa shape index (κ2) is 6.53. The molecule has 0 aliphatic rings. The van der Waals surface area contributed by atoms with E-state index in [2.05, 4.69) is 48.6 Å². The first-order valence-corrected chi connectivity index (χ1v) is 6.54. The zero-order chi connectivity index (χ0) is 12.0. The molecule has 0 saturated carbocycles. The second-order valence-electron chi connectivity index (χ2n) is 4.42. The molecule has 0 radical (unpaired) electrons. The summed E-state index contributed by atoms with van der Waals surface area (Å²) in [5.74, 6) is 1.58. The molecule has 3 nitrogen and oxygen atoms in total. The van der Waals surface area contributed by atoms with Crippen molar-refractivity contribution in [1.82, 2.24) is 5.32 Å². The number of hydrogen-bond donors (Lipinski definition) is 2. The highest BCUT2D eigenvalue weighted by Crippen LogP contribution is 2.19. The lowest BCUT2D eigenvalue weighted by Crippen LogP contribution is -2.34. The summed E-state index contributed by atoms with van der Waals surface area (Å²) in [5, 5.41) is 5.26. The monoisotopic (exact) mass is 239 g/mol. The van der Waals surface area contributed by atoms with Gasteiger partial charge in [0, 0.05) is 23.9 Å². The Morgan fingerprint density at radius 3 is 2.81 bits per heavy atom. The molecule has 0 saturated heterocycles. The van der Waals surface area contributed by atoms with Gasteiger partial charge in [-0.15, -0.1) is 11.3 Å². The van der Waals surface area contributed by atoms with E-state index in [1.165, 1.54) is 4.88 Å². The Labute approximate surface area is 102 Å². The number of hydrogen-bond acceptors (Lipinski definition) is 2. The van der Waals surface area contributed by atoms with Gasteiger partial charge in [-0.05, 0) is 17.4 Å². The number of guanidine groups is 1. The number of rotatable bonds is 5. The van der Waals surface area contributed by atoms with E-state index in [-0.39, 0.29) is 0 Å². The van der Waals surface area contributed by atoms with Crippen molar-refractivity contribution >= 4 is 17.3 Å². The summed E-state index contributed by atoms with van der Waals surface area (Å²) in [6.07, 6.45) is 0. The van der Waals surface area contributed by atoms with E-state index in [1.807, 2.05) is 0 Å². The van der Waals surface area contributed by atoms with Crippen LogP contribution in [0.3, 0.4) is 0 Å². The Kier molecular flexibility index (Phi) is 5.32. The van der Waals surface area contributed by atoms with E-state index < -0.39 is 0 Å². The van der Waals surface area contributed by atoms with Gasteiger partial charge in [0.25, 0.3) is 0 Å². The van der Waals surface area contributed by atoms with Crippen LogP contribution in [0.2, 0.25) is 0 Å². The molecule has 0 fully saturated rings. The van der Waals surface area contributed by atoms with Gasteiger partial charge in [0.2, 0.25) is 0 Å². The highest BCUT2D eigenvalue weighted by molar-refractivity contribution is 7.10. The van der Waals surface area contributed by atoms with Crippen LogP contribution in [0.1, 0.15) is 31.6 Å². The summed E-state index contributed by atoms with van der Waals surface area (Å²) < 4.78 is 0. The molecule has 1 unspecified atom stereocenters. The molecule has 3 N–H and O–H groups in total. The van der Waals surface area contributed by atoms with Crippen LogP contribution in [0, 0.1) is 5.92 Å². The third kappa shape index (κ3) is 4.66. The van der Waals surface area contributed by atoms with Gasteiger partial charge in [0.1, 0.15) is 0 Å². The Balaban J connectivity index is 2.31. The van der Waals surface area contributed by atoms with Crippen LogP contribution >= 0.6 is 11.3 Å². The lowest BCUT2D eigenvalue weighted by atomic mass is 10.1. The Morgan fingerprint density at radius 1 is 1.50 bits per heavy atom. The largest absolute Gasteiger partial charge is 0.370 e. The third-order valence-electron chi connectivity index (χ3n) is 2.25. The lowest BCUT2D eigenvalue weighted by molar-refractivity contribution is 0.657. The summed E-state index contributed by atoms with van der Waals surface area (Å²) in [6.45, 7) is 8.07. The molecular weight excluding hydrogens is 218 g/mol. The number of nitrogens with zero attached hydrogens (tertiary/aromatic N) is 1. The first-order valence-electron chi connectivity index (χ1n) is 5.66. The molecule has 1 rings (SSSR count). The van der Waals surface area contributed by atoms with E-state index >= 15 is 0 Å². The summed E-state index contributed by atoms with van der Waals surface area (Å²) in [5.41, 5.74) is 5.77.